The van der Waals surface area contributed by atoms with Crippen LogP contribution in [0.5, 0.6) is 0 Å². The summed E-state index contributed by atoms with van der Waals surface area (Å²) >= 11 is 0. The molecule has 0 spiro atoms. The maximum Gasteiger partial charge on any atom is 0.251 e. The second kappa shape index (κ2) is 7.59. The number of hydrogen-bond acceptors (Lipinski definition) is 4. The molecule has 1 aliphatic heterocycles. The molecule has 1 atom stereocenters. The maximum absolute atomic E-state index is 12.2. The molecule has 7 heteroatoms. The number of sulfone groups is 1. The van der Waals surface area contributed by atoms with Crippen LogP contribution >= 0.6 is 0 Å². The first-order chi connectivity index (χ1) is 10.9. The molecule has 1 unspecified atom stereocenters. The number of carbonyl (C=O) groups excluding carboxylic acids is 2. The smallest absolute Gasteiger partial charge is 0.251 e. The predicted octanol–water partition coefficient (Wildman–Crippen LogP) is 1.13. The Kier molecular flexibility index (Phi) is 5.76. The van der Waals surface area contributed by atoms with E-state index in [0.29, 0.717) is 24.1 Å². The summed E-state index contributed by atoms with van der Waals surface area (Å²) in [4.78, 5) is 24.2. The number of unbranched alkanes of at least 4 members (excludes halogenated alkanes) is 1. The van der Waals surface area contributed by atoms with E-state index in [1.807, 2.05) is 6.92 Å². The Morgan fingerprint density at radius 3 is 2.52 bits per heavy atom. The molecule has 1 heterocycles. The third-order valence-corrected chi connectivity index (χ3v) is 5.54. The lowest BCUT2D eigenvalue weighted by molar-refractivity contribution is 0.0941. The van der Waals surface area contributed by atoms with Crippen LogP contribution in [0, 0.1) is 0 Å². The maximum atomic E-state index is 12.2. The van der Waals surface area contributed by atoms with Gasteiger partial charge in [0.05, 0.1) is 11.5 Å². The van der Waals surface area contributed by atoms with Gasteiger partial charge in [-0.05, 0) is 31.0 Å². The SMILES string of the molecule is CCCCNC(=O)c1cccc(C(=O)NC2CCS(=O)(=O)C2)c1. The van der Waals surface area contributed by atoms with E-state index < -0.39 is 9.84 Å². The summed E-state index contributed by atoms with van der Waals surface area (Å²) in [6, 6.07) is 6.09. The second-order valence-corrected chi connectivity index (χ2v) is 7.99. The van der Waals surface area contributed by atoms with Gasteiger partial charge in [0.2, 0.25) is 0 Å². The van der Waals surface area contributed by atoms with Crippen LogP contribution in [0.3, 0.4) is 0 Å². The van der Waals surface area contributed by atoms with Crippen molar-refractivity contribution in [2.24, 2.45) is 0 Å². The zero-order valence-corrected chi connectivity index (χ0v) is 14.0. The molecule has 2 amide bonds. The second-order valence-electron chi connectivity index (χ2n) is 5.76. The molecule has 126 valence electrons. The van der Waals surface area contributed by atoms with Gasteiger partial charge in [-0.2, -0.15) is 0 Å². The Morgan fingerprint density at radius 2 is 1.91 bits per heavy atom. The quantitative estimate of drug-likeness (QED) is 0.761. The predicted molar refractivity (Wildman–Crippen MR) is 88.2 cm³/mol. The average molecular weight is 338 g/mol. The van der Waals surface area contributed by atoms with Gasteiger partial charge in [-0.1, -0.05) is 19.4 Å². The molecule has 6 nitrogen and oxygen atoms in total. The highest BCUT2D eigenvalue weighted by molar-refractivity contribution is 7.91. The first kappa shape index (κ1) is 17.5. The Bertz CT molecular complexity index is 685. The van der Waals surface area contributed by atoms with Gasteiger partial charge in [-0.25, -0.2) is 8.42 Å². The zero-order chi connectivity index (χ0) is 16.9. The highest BCUT2D eigenvalue weighted by Crippen LogP contribution is 2.13. The first-order valence-electron chi connectivity index (χ1n) is 7.81. The Labute approximate surface area is 136 Å². The van der Waals surface area contributed by atoms with Gasteiger partial charge < -0.3 is 10.6 Å². The fraction of sp³-hybridized carbons (Fsp3) is 0.500. The zero-order valence-electron chi connectivity index (χ0n) is 13.2. The minimum absolute atomic E-state index is 0.0179. The number of hydrogen-bond donors (Lipinski definition) is 2. The van der Waals surface area contributed by atoms with Crippen LogP contribution in [-0.4, -0.2) is 44.3 Å². The minimum Gasteiger partial charge on any atom is -0.352 e. The molecule has 2 N–H and O–H groups in total. The number of nitrogens with one attached hydrogen (secondary N) is 2. The monoisotopic (exact) mass is 338 g/mol. The summed E-state index contributed by atoms with van der Waals surface area (Å²) in [5, 5.41) is 5.52. The van der Waals surface area contributed by atoms with Crippen molar-refractivity contribution in [3.05, 3.63) is 35.4 Å². The molecule has 1 saturated heterocycles. The third-order valence-electron chi connectivity index (χ3n) is 3.77. The van der Waals surface area contributed by atoms with Crippen molar-refractivity contribution < 1.29 is 18.0 Å². The standard InChI is InChI=1S/C16H22N2O4S/c1-2-3-8-17-15(19)12-5-4-6-13(10-12)16(20)18-14-7-9-23(21,22)11-14/h4-6,10,14H,2-3,7-9,11H2,1H3,(H,17,19)(H,18,20). The average Bonchev–Trinajstić information content (AvgIpc) is 2.86. The lowest BCUT2D eigenvalue weighted by Crippen LogP contribution is -2.35. The highest BCUT2D eigenvalue weighted by Gasteiger charge is 2.29. The third kappa shape index (κ3) is 5.06. The van der Waals surface area contributed by atoms with E-state index in [2.05, 4.69) is 10.6 Å². The van der Waals surface area contributed by atoms with Gasteiger partial charge in [0.15, 0.2) is 9.84 Å². The normalized spacial score (nSPS) is 19.3. The van der Waals surface area contributed by atoms with Crippen LogP contribution in [-0.2, 0) is 9.84 Å². The van der Waals surface area contributed by atoms with Gasteiger partial charge >= 0.3 is 0 Å². The van der Waals surface area contributed by atoms with Crippen molar-refractivity contribution in [3.63, 3.8) is 0 Å². The lowest BCUT2D eigenvalue weighted by Gasteiger charge is -2.11. The van der Waals surface area contributed by atoms with Gasteiger partial charge in [0, 0.05) is 23.7 Å². The number of amides is 2. The Hall–Kier alpha value is -1.89. The summed E-state index contributed by atoms with van der Waals surface area (Å²) in [6.07, 6.45) is 2.33. The molecule has 1 fully saturated rings. The Balaban J connectivity index is 1.98. The van der Waals surface area contributed by atoms with Gasteiger partial charge in [-0.15, -0.1) is 0 Å². The van der Waals surface area contributed by atoms with Crippen molar-refractivity contribution in [1.29, 1.82) is 0 Å². The number of benzene rings is 1. The van der Waals surface area contributed by atoms with E-state index in [-0.39, 0.29) is 29.4 Å². The molecule has 0 bridgehead atoms. The summed E-state index contributed by atoms with van der Waals surface area (Å²) < 4.78 is 22.8. The van der Waals surface area contributed by atoms with Crippen LogP contribution < -0.4 is 10.6 Å². The molecule has 1 aromatic rings. The van der Waals surface area contributed by atoms with E-state index in [0.717, 1.165) is 12.8 Å². The molecule has 2 rings (SSSR count). The van der Waals surface area contributed by atoms with Gasteiger partial charge in [0.1, 0.15) is 0 Å². The molecule has 0 radical (unpaired) electrons. The molecule has 1 aliphatic rings. The van der Waals surface area contributed by atoms with E-state index in [1.165, 1.54) is 6.07 Å². The largest absolute Gasteiger partial charge is 0.352 e. The fourth-order valence-electron chi connectivity index (χ4n) is 2.46. The molecule has 1 aromatic carbocycles. The van der Waals surface area contributed by atoms with E-state index in [4.69, 9.17) is 0 Å². The van der Waals surface area contributed by atoms with Crippen LogP contribution in [0.25, 0.3) is 0 Å². The van der Waals surface area contributed by atoms with Gasteiger partial charge in [0.25, 0.3) is 11.8 Å². The van der Waals surface area contributed by atoms with E-state index >= 15 is 0 Å². The van der Waals surface area contributed by atoms with E-state index in [1.54, 1.807) is 18.2 Å². The van der Waals surface area contributed by atoms with E-state index in [9.17, 15) is 18.0 Å². The van der Waals surface area contributed by atoms with Crippen LogP contribution in [0.4, 0.5) is 0 Å². The van der Waals surface area contributed by atoms with Crippen molar-refractivity contribution in [2.75, 3.05) is 18.1 Å². The lowest BCUT2D eigenvalue weighted by atomic mass is 10.1. The molecule has 0 aliphatic carbocycles. The van der Waals surface area contributed by atoms with Crippen molar-refractivity contribution in [1.82, 2.24) is 10.6 Å². The number of rotatable bonds is 6. The molecule has 0 aromatic heterocycles. The summed E-state index contributed by atoms with van der Waals surface area (Å²) in [7, 11) is -3.04. The molecular weight excluding hydrogens is 316 g/mol. The highest BCUT2D eigenvalue weighted by atomic mass is 32.2. The summed E-state index contributed by atoms with van der Waals surface area (Å²) in [5.74, 6) is -0.472. The van der Waals surface area contributed by atoms with Crippen molar-refractivity contribution in [2.45, 2.75) is 32.2 Å². The topological polar surface area (TPSA) is 92.3 Å². The summed E-state index contributed by atoms with van der Waals surface area (Å²) in [5.41, 5.74) is 0.783. The minimum atomic E-state index is -3.04. The van der Waals surface area contributed by atoms with Crippen molar-refractivity contribution >= 4 is 21.7 Å². The fourth-order valence-corrected chi connectivity index (χ4v) is 4.13. The van der Waals surface area contributed by atoms with Crippen LogP contribution in [0.2, 0.25) is 0 Å². The molecule has 23 heavy (non-hydrogen) atoms. The summed E-state index contributed by atoms with van der Waals surface area (Å²) in [6.45, 7) is 2.64. The number of carbonyl (C=O) groups is 2. The molecule has 0 saturated carbocycles. The van der Waals surface area contributed by atoms with Gasteiger partial charge in [-0.3, -0.25) is 9.59 Å². The van der Waals surface area contributed by atoms with Crippen molar-refractivity contribution in [3.8, 4) is 0 Å². The van der Waals surface area contributed by atoms with Crippen LogP contribution in [0.1, 0.15) is 46.9 Å². The van der Waals surface area contributed by atoms with Crippen LogP contribution in [0.15, 0.2) is 24.3 Å². The molecular formula is C16H22N2O4S. The first-order valence-corrected chi connectivity index (χ1v) is 9.63. The Morgan fingerprint density at radius 1 is 1.22 bits per heavy atom.